The fourth-order valence-electron chi connectivity index (χ4n) is 4.26. The standard InChI is InChI=1S/C32H44N2O10/c1-19(2)23(31(39)41-5)33-29(37)27(43-17-21-13-9-7-10-14-21)25(35)26(36)28(44-18-22-15-11-8-12-16-22)30(38)34-24(20(3)4)32(40)42-6/h7-16,19-20,23-28,35-36H,17-18H2,1-6H3,(H,33,37)(H,34,38). The third-order valence-electron chi connectivity index (χ3n) is 6.87. The summed E-state index contributed by atoms with van der Waals surface area (Å²) in [6, 6.07) is 15.4. The van der Waals surface area contributed by atoms with Crippen LogP contribution in [-0.4, -0.2) is 84.7 Å². The minimum absolute atomic E-state index is 0.146. The molecule has 0 radical (unpaired) electrons. The van der Waals surface area contributed by atoms with Crippen molar-refractivity contribution < 1.29 is 48.3 Å². The number of benzene rings is 2. The maximum absolute atomic E-state index is 13.5. The Morgan fingerprint density at radius 2 is 0.932 bits per heavy atom. The van der Waals surface area contributed by atoms with Crippen molar-refractivity contribution in [3.63, 3.8) is 0 Å². The predicted octanol–water partition coefficient (Wildman–Crippen LogP) is 1.51. The first kappa shape index (κ1) is 36.4. The van der Waals surface area contributed by atoms with Crippen molar-refractivity contribution in [2.75, 3.05) is 14.2 Å². The molecule has 44 heavy (non-hydrogen) atoms. The second-order valence-corrected chi connectivity index (χ2v) is 10.9. The van der Waals surface area contributed by atoms with Crippen LogP contribution in [0.25, 0.3) is 0 Å². The van der Waals surface area contributed by atoms with Crippen LogP contribution < -0.4 is 10.6 Å². The van der Waals surface area contributed by atoms with Gasteiger partial charge in [-0.15, -0.1) is 0 Å². The Labute approximate surface area is 258 Å². The van der Waals surface area contributed by atoms with E-state index in [1.165, 1.54) is 14.2 Å². The lowest BCUT2D eigenvalue weighted by Gasteiger charge is -2.32. The SMILES string of the molecule is COC(=O)C(NC(=O)C(OCc1ccccc1)C(O)C(O)C(OCc1ccccc1)C(=O)NC(C(=O)OC)C(C)C)C(C)C. The van der Waals surface area contributed by atoms with Gasteiger partial charge in [0.25, 0.3) is 11.8 Å². The highest BCUT2D eigenvalue weighted by molar-refractivity contribution is 5.89. The van der Waals surface area contributed by atoms with Crippen molar-refractivity contribution >= 4 is 23.8 Å². The molecule has 0 saturated carbocycles. The van der Waals surface area contributed by atoms with Gasteiger partial charge in [0.05, 0.1) is 27.4 Å². The van der Waals surface area contributed by atoms with Gasteiger partial charge in [-0.3, -0.25) is 9.59 Å². The van der Waals surface area contributed by atoms with Crippen molar-refractivity contribution in [3.05, 3.63) is 71.8 Å². The van der Waals surface area contributed by atoms with Crippen LogP contribution in [0.1, 0.15) is 38.8 Å². The molecular weight excluding hydrogens is 572 g/mol. The number of rotatable bonds is 17. The van der Waals surface area contributed by atoms with E-state index in [-0.39, 0.29) is 25.0 Å². The summed E-state index contributed by atoms with van der Waals surface area (Å²) in [7, 11) is 2.36. The zero-order valence-electron chi connectivity index (χ0n) is 26.0. The molecule has 2 aromatic rings. The number of hydrogen-bond acceptors (Lipinski definition) is 10. The van der Waals surface area contributed by atoms with Crippen molar-refractivity contribution in [2.24, 2.45) is 11.8 Å². The van der Waals surface area contributed by atoms with Crippen LogP contribution in [-0.2, 0) is 51.3 Å². The summed E-state index contributed by atoms with van der Waals surface area (Å²) in [5.74, 6) is -4.04. The second-order valence-electron chi connectivity index (χ2n) is 10.9. The minimum atomic E-state index is -2.02. The van der Waals surface area contributed by atoms with E-state index in [9.17, 15) is 29.4 Å². The Morgan fingerprint density at radius 3 is 1.20 bits per heavy atom. The van der Waals surface area contributed by atoms with Crippen molar-refractivity contribution in [2.45, 2.75) is 77.4 Å². The average molecular weight is 617 g/mol. The van der Waals surface area contributed by atoms with E-state index in [0.29, 0.717) is 11.1 Å². The van der Waals surface area contributed by atoms with Crippen LogP contribution in [0.2, 0.25) is 0 Å². The number of nitrogens with one attached hydrogen (secondary N) is 2. The van der Waals surface area contributed by atoms with E-state index in [1.807, 2.05) is 0 Å². The van der Waals surface area contributed by atoms with Crippen LogP contribution in [0.4, 0.5) is 0 Å². The summed E-state index contributed by atoms with van der Waals surface area (Å²) < 4.78 is 21.2. The Bertz CT molecular complexity index is 1100. The van der Waals surface area contributed by atoms with Gasteiger partial charge in [0.15, 0.2) is 12.2 Å². The summed E-state index contributed by atoms with van der Waals surface area (Å²) in [6.07, 6.45) is -7.56. The Morgan fingerprint density at radius 1 is 0.614 bits per heavy atom. The topological polar surface area (TPSA) is 170 Å². The molecule has 2 aromatic carbocycles. The third-order valence-corrected chi connectivity index (χ3v) is 6.87. The molecule has 0 aliphatic rings. The van der Waals surface area contributed by atoms with Gasteiger partial charge < -0.3 is 39.8 Å². The molecule has 12 nitrogen and oxygen atoms in total. The van der Waals surface area contributed by atoms with E-state index in [2.05, 4.69) is 10.6 Å². The van der Waals surface area contributed by atoms with E-state index in [4.69, 9.17) is 18.9 Å². The molecule has 12 heteroatoms. The van der Waals surface area contributed by atoms with Crippen LogP contribution in [0.5, 0.6) is 0 Å². The number of aliphatic hydroxyl groups is 2. The van der Waals surface area contributed by atoms with Crippen LogP contribution >= 0.6 is 0 Å². The average Bonchev–Trinajstić information content (AvgIpc) is 3.02. The highest BCUT2D eigenvalue weighted by Crippen LogP contribution is 2.18. The normalized spacial score (nSPS) is 15.4. The van der Waals surface area contributed by atoms with Gasteiger partial charge in [0, 0.05) is 0 Å². The first-order valence-corrected chi connectivity index (χ1v) is 14.3. The lowest BCUT2D eigenvalue weighted by atomic mass is 9.98. The molecule has 242 valence electrons. The molecule has 0 spiro atoms. The maximum Gasteiger partial charge on any atom is 0.328 e. The zero-order valence-corrected chi connectivity index (χ0v) is 26.0. The van der Waals surface area contributed by atoms with Crippen LogP contribution in [0, 0.1) is 11.8 Å². The Hall–Kier alpha value is -3.84. The van der Waals surface area contributed by atoms with E-state index >= 15 is 0 Å². The van der Waals surface area contributed by atoms with Gasteiger partial charge in [0.1, 0.15) is 24.3 Å². The van der Waals surface area contributed by atoms with Gasteiger partial charge in [0.2, 0.25) is 0 Å². The number of hydrogen-bond donors (Lipinski definition) is 4. The fourth-order valence-corrected chi connectivity index (χ4v) is 4.26. The quantitative estimate of drug-likeness (QED) is 0.191. The number of esters is 2. The van der Waals surface area contributed by atoms with E-state index < -0.39 is 60.3 Å². The predicted molar refractivity (Wildman–Crippen MR) is 160 cm³/mol. The van der Waals surface area contributed by atoms with Crippen LogP contribution in [0.3, 0.4) is 0 Å². The molecule has 0 fully saturated rings. The second kappa shape index (κ2) is 18.1. The molecule has 6 atom stereocenters. The molecule has 0 aromatic heterocycles. The van der Waals surface area contributed by atoms with Gasteiger partial charge >= 0.3 is 11.9 Å². The number of aliphatic hydroxyl groups excluding tert-OH is 2. The van der Waals surface area contributed by atoms with Crippen molar-refractivity contribution in [3.8, 4) is 0 Å². The van der Waals surface area contributed by atoms with Crippen molar-refractivity contribution in [1.82, 2.24) is 10.6 Å². The van der Waals surface area contributed by atoms with Crippen molar-refractivity contribution in [1.29, 1.82) is 0 Å². The number of methoxy groups -OCH3 is 2. The number of carbonyl (C=O) groups is 4. The third kappa shape index (κ3) is 10.7. The zero-order chi connectivity index (χ0) is 32.8. The molecule has 6 unspecified atom stereocenters. The summed E-state index contributed by atoms with van der Waals surface area (Å²) >= 11 is 0. The lowest BCUT2D eigenvalue weighted by Crippen LogP contribution is -2.59. The number of carbonyl (C=O) groups excluding carboxylic acids is 4. The molecular formula is C32H44N2O10. The molecule has 0 aliphatic heterocycles. The fraction of sp³-hybridized carbons (Fsp3) is 0.500. The summed E-state index contributed by atoms with van der Waals surface area (Å²) in [5, 5.41) is 27.8. The highest BCUT2D eigenvalue weighted by Gasteiger charge is 2.43. The largest absolute Gasteiger partial charge is 0.467 e. The number of ether oxygens (including phenoxy) is 4. The molecule has 2 amide bonds. The molecule has 0 aliphatic carbocycles. The monoisotopic (exact) mass is 616 g/mol. The Balaban J connectivity index is 2.42. The number of amides is 2. The Kier molecular flexibility index (Phi) is 14.9. The highest BCUT2D eigenvalue weighted by atomic mass is 16.5. The maximum atomic E-state index is 13.5. The van der Waals surface area contributed by atoms with Gasteiger partial charge in [-0.05, 0) is 23.0 Å². The summed E-state index contributed by atoms with van der Waals surface area (Å²) in [5.41, 5.74) is 1.32. The van der Waals surface area contributed by atoms with Gasteiger partial charge in [-0.1, -0.05) is 88.4 Å². The van der Waals surface area contributed by atoms with E-state index in [1.54, 1.807) is 88.4 Å². The molecule has 0 saturated heterocycles. The van der Waals surface area contributed by atoms with E-state index in [0.717, 1.165) is 0 Å². The van der Waals surface area contributed by atoms with Gasteiger partial charge in [-0.25, -0.2) is 9.59 Å². The summed E-state index contributed by atoms with van der Waals surface area (Å²) in [6.45, 7) is 6.47. The minimum Gasteiger partial charge on any atom is -0.467 e. The molecule has 0 bridgehead atoms. The first-order valence-electron chi connectivity index (χ1n) is 14.3. The molecule has 4 N–H and O–H groups in total. The summed E-state index contributed by atoms with van der Waals surface area (Å²) in [4.78, 5) is 51.7. The molecule has 0 heterocycles. The van der Waals surface area contributed by atoms with Crippen LogP contribution in [0.15, 0.2) is 60.7 Å². The smallest absolute Gasteiger partial charge is 0.328 e. The first-order chi connectivity index (χ1) is 20.9. The van der Waals surface area contributed by atoms with Gasteiger partial charge in [-0.2, -0.15) is 0 Å². The lowest BCUT2D eigenvalue weighted by molar-refractivity contribution is -0.172. The molecule has 2 rings (SSSR count).